The number of carbonyl (C=O) groups excluding carboxylic acids is 3. The van der Waals surface area contributed by atoms with Gasteiger partial charge in [-0.05, 0) is 38.0 Å². The van der Waals surface area contributed by atoms with Gasteiger partial charge in [-0.15, -0.1) is 0 Å². The van der Waals surface area contributed by atoms with E-state index >= 15 is 0 Å². The molecule has 1 fully saturated rings. The standard InChI is InChI=1S/C15H19N3O3/c1-15(2)14(21)17-12(19)9-18(15)13(20)7-6-10-4-3-5-11(16)8-10/h3-5,8H,6-7,9,16H2,1-2H3,(H,17,19,21). The minimum atomic E-state index is -1.01. The van der Waals surface area contributed by atoms with Gasteiger partial charge in [-0.1, -0.05) is 12.1 Å². The number of nitrogens with two attached hydrogens (primary N) is 1. The molecule has 0 radical (unpaired) electrons. The van der Waals surface area contributed by atoms with Crippen molar-refractivity contribution < 1.29 is 14.4 Å². The number of carbonyl (C=O) groups is 3. The van der Waals surface area contributed by atoms with Gasteiger partial charge in [-0.3, -0.25) is 19.7 Å². The quantitative estimate of drug-likeness (QED) is 0.625. The third kappa shape index (κ3) is 3.21. The van der Waals surface area contributed by atoms with Gasteiger partial charge in [0.25, 0.3) is 5.91 Å². The summed E-state index contributed by atoms with van der Waals surface area (Å²) in [5.74, 6) is -1.11. The molecular weight excluding hydrogens is 270 g/mol. The van der Waals surface area contributed by atoms with Gasteiger partial charge >= 0.3 is 0 Å². The van der Waals surface area contributed by atoms with Crippen LogP contribution in [0.15, 0.2) is 24.3 Å². The molecule has 0 aromatic heterocycles. The highest BCUT2D eigenvalue weighted by Gasteiger charge is 2.43. The van der Waals surface area contributed by atoms with Crippen molar-refractivity contribution in [1.29, 1.82) is 0 Å². The van der Waals surface area contributed by atoms with E-state index in [0.717, 1.165) is 5.56 Å². The van der Waals surface area contributed by atoms with Gasteiger partial charge in [0.2, 0.25) is 11.8 Å². The monoisotopic (exact) mass is 289 g/mol. The number of nitrogens with one attached hydrogen (secondary N) is 1. The SMILES string of the molecule is CC1(C)C(=O)NC(=O)CN1C(=O)CCc1cccc(N)c1. The molecule has 0 spiro atoms. The third-order valence-electron chi connectivity index (χ3n) is 3.66. The number of hydrogen-bond donors (Lipinski definition) is 2. The Bertz CT molecular complexity index is 596. The molecule has 6 heteroatoms. The summed E-state index contributed by atoms with van der Waals surface area (Å²) < 4.78 is 0. The minimum absolute atomic E-state index is 0.0888. The zero-order valence-electron chi connectivity index (χ0n) is 12.2. The lowest BCUT2D eigenvalue weighted by atomic mass is 9.97. The van der Waals surface area contributed by atoms with Gasteiger partial charge in [-0.2, -0.15) is 0 Å². The number of rotatable bonds is 3. The first-order chi connectivity index (χ1) is 9.80. The summed E-state index contributed by atoms with van der Waals surface area (Å²) in [6.45, 7) is 3.18. The lowest BCUT2D eigenvalue weighted by Gasteiger charge is -2.40. The summed E-state index contributed by atoms with van der Waals surface area (Å²) in [5, 5.41) is 2.25. The van der Waals surface area contributed by atoms with Crippen LogP contribution in [0.1, 0.15) is 25.8 Å². The Kier molecular flexibility index (Phi) is 3.97. The molecule has 3 amide bonds. The molecule has 1 aromatic rings. The summed E-state index contributed by atoms with van der Waals surface area (Å²) in [5.41, 5.74) is 6.28. The molecule has 0 unspecified atom stereocenters. The van der Waals surface area contributed by atoms with Gasteiger partial charge in [-0.25, -0.2) is 0 Å². The van der Waals surface area contributed by atoms with Crippen LogP contribution < -0.4 is 11.1 Å². The summed E-state index contributed by atoms with van der Waals surface area (Å²) >= 11 is 0. The summed E-state index contributed by atoms with van der Waals surface area (Å²) in [6, 6.07) is 7.31. The zero-order chi connectivity index (χ0) is 15.6. The van der Waals surface area contributed by atoms with Crippen LogP contribution in [0.4, 0.5) is 5.69 Å². The van der Waals surface area contributed by atoms with Crippen LogP contribution >= 0.6 is 0 Å². The Morgan fingerprint density at radius 3 is 2.76 bits per heavy atom. The Morgan fingerprint density at radius 1 is 1.38 bits per heavy atom. The Morgan fingerprint density at radius 2 is 2.10 bits per heavy atom. The van der Waals surface area contributed by atoms with Crippen LogP contribution in [0.5, 0.6) is 0 Å². The van der Waals surface area contributed by atoms with Crippen LogP contribution in [0.25, 0.3) is 0 Å². The van der Waals surface area contributed by atoms with E-state index in [-0.39, 0.29) is 18.9 Å². The average Bonchev–Trinajstić information content (AvgIpc) is 2.40. The number of piperazine rings is 1. The maximum absolute atomic E-state index is 12.3. The van der Waals surface area contributed by atoms with E-state index in [1.807, 2.05) is 18.2 Å². The van der Waals surface area contributed by atoms with Gasteiger partial charge in [0.15, 0.2) is 0 Å². The van der Waals surface area contributed by atoms with E-state index in [9.17, 15) is 14.4 Å². The Hall–Kier alpha value is -2.37. The second kappa shape index (κ2) is 5.55. The van der Waals surface area contributed by atoms with E-state index in [1.54, 1.807) is 19.9 Å². The highest BCUT2D eigenvalue weighted by Crippen LogP contribution is 2.20. The summed E-state index contributed by atoms with van der Waals surface area (Å²) in [6.07, 6.45) is 0.750. The second-order valence-electron chi connectivity index (χ2n) is 5.66. The maximum atomic E-state index is 12.3. The number of anilines is 1. The lowest BCUT2D eigenvalue weighted by Crippen LogP contribution is -2.65. The van der Waals surface area contributed by atoms with Crippen molar-refractivity contribution in [1.82, 2.24) is 10.2 Å². The van der Waals surface area contributed by atoms with Crippen LogP contribution in [-0.4, -0.2) is 34.7 Å². The average molecular weight is 289 g/mol. The summed E-state index contributed by atoms with van der Waals surface area (Å²) in [7, 11) is 0. The van der Waals surface area contributed by atoms with E-state index in [0.29, 0.717) is 12.1 Å². The number of nitrogens with zero attached hydrogens (tertiary/aromatic N) is 1. The van der Waals surface area contributed by atoms with Crippen LogP contribution in [0.2, 0.25) is 0 Å². The number of hydrogen-bond acceptors (Lipinski definition) is 4. The molecule has 0 aliphatic carbocycles. The molecule has 0 saturated carbocycles. The second-order valence-corrected chi connectivity index (χ2v) is 5.66. The predicted octanol–water partition coefficient (Wildman–Crippen LogP) is 0.465. The normalized spacial score (nSPS) is 17.5. The van der Waals surface area contributed by atoms with Crippen molar-refractivity contribution >= 4 is 23.4 Å². The fraction of sp³-hybridized carbons (Fsp3) is 0.400. The number of imide groups is 1. The molecule has 0 bridgehead atoms. The van der Waals surface area contributed by atoms with E-state index in [4.69, 9.17) is 5.73 Å². The Balaban J connectivity index is 2.05. The number of benzene rings is 1. The van der Waals surface area contributed by atoms with Crippen molar-refractivity contribution in [3.05, 3.63) is 29.8 Å². The molecule has 112 valence electrons. The molecule has 2 rings (SSSR count). The van der Waals surface area contributed by atoms with Crippen molar-refractivity contribution in [3.8, 4) is 0 Å². The van der Waals surface area contributed by atoms with Gasteiger partial charge in [0.1, 0.15) is 12.1 Å². The number of aryl methyl sites for hydroxylation is 1. The van der Waals surface area contributed by atoms with E-state index < -0.39 is 17.4 Å². The van der Waals surface area contributed by atoms with Crippen LogP contribution in [0.3, 0.4) is 0 Å². The van der Waals surface area contributed by atoms with Gasteiger partial charge in [0, 0.05) is 12.1 Å². The van der Waals surface area contributed by atoms with Crippen molar-refractivity contribution in [3.63, 3.8) is 0 Å². The first kappa shape index (κ1) is 15.0. The van der Waals surface area contributed by atoms with Crippen molar-refractivity contribution in [2.24, 2.45) is 0 Å². The lowest BCUT2D eigenvalue weighted by molar-refractivity contribution is -0.155. The molecule has 1 aliphatic heterocycles. The number of amides is 3. The first-order valence-corrected chi connectivity index (χ1v) is 6.80. The zero-order valence-corrected chi connectivity index (χ0v) is 12.2. The molecular formula is C15H19N3O3. The highest BCUT2D eigenvalue weighted by molar-refractivity contribution is 6.06. The molecule has 21 heavy (non-hydrogen) atoms. The smallest absolute Gasteiger partial charge is 0.252 e. The van der Waals surface area contributed by atoms with Gasteiger partial charge < -0.3 is 10.6 Å². The fourth-order valence-corrected chi connectivity index (χ4v) is 2.32. The number of nitrogen functional groups attached to an aromatic ring is 1. The van der Waals surface area contributed by atoms with Crippen molar-refractivity contribution in [2.75, 3.05) is 12.3 Å². The van der Waals surface area contributed by atoms with Crippen LogP contribution in [0, 0.1) is 0 Å². The first-order valence-electron chi connectivity index (χ1n) is 6.80. The molecule has 1 saturated heterocycles. The molecule has 1 aromatic carbocycles. The molecule has 1 aliphatic rings. The topological polar surface area (TPSA) is 92.5 Å². The van der Waals surface area contributed by atoms with Crippen molar-refractivity contribution in [2.45, 2.75) is 32.2 Å². The maximum Gasteiger partial charge on any atom is 0.252 e. The highest BCUT2D eigenvalue weighted by atomic mass is 16.2. The fourth-order valence-electron chi connectivity index (χ4n) is 2.32. The molecule has 6 nitrogen and oxygen atoms in total. The van der Waals surface area contributed by atoms with E-state index in [1.165, 1.54) is 4.90 Å². The third-order valence-corrected chi connectivity index (χ3v) is 3.66. The Labute approximate surface area is 123 Å². The minimum Gasteiger partial charge on any atom is -0.399 e. The largest absolute Gasteiger partial charge is 0.399 e. The summed E-state index contributed by atoms with van der Waals surface area (Å²) in [4.78, 5) is 36.9. The van der Waals surface area contributed by atoms with E-state index in [2.05, 4.69) is 5.32 Å². The molecule has 3 N–H and O–H groups in total. The van der Waals surface area contributed by atoms with Crippen LogP contribution in [-0.2, 0) is 20.8 Å². The molecule has 1 heterocycles. The molecule has 0 atom stereocenters. The van der Waals surface area contributed by atoms with Gasteiger partial charge in [0.05, 0.1) is 0 Å². The predicted molar refractivity (Wildman–Crippen MR) is 78.1 cm³/mol.